The third-order valence-electron chi connectivity index (χ3n) is 5.38. The summed E-state index contributed by atoms with van der Waals surface area (Å²) < 4.78 is 25.9. The summed E-state index contributed by atoms with van der Waals surface area (Å²) in [5.74, 6) is 1.52. The fraction of sp³-hybridized carbons (Fsp3) is 0.727. The lowest BCUT2D eigenvalue weighted by atomic mass is 9.91. The quantitative estimate of drug-likeness (QED) is 0.591. The monoisotopic (exact) mass is 409 g/mol. The molecule has 28 heavy (non-hydrogen) atoms. The lowest BCUT2D eigenvalue weighted by Crippen LogP contribution is -2.39. The normalized spacial score (nSPS) is 21.0. The lowest BCUT2D eigenvalue weighted by molar-refractivity contribution is 0.357. The van der Waals surface area contributed by atoms with Crippen LogP contribution >= 0.6 is 0 Å². The first-order valence-corrected chi connectivity index (χ1v) is 12.1. The van der Waals surface area contributed by atoms with E-state index in [9.17, 15) is 8.42 Å². The summed E-state index contributed by atoms with van der Waals surface area (Å²) in [5.41, 5.74) is 2.46. The number of piperidine rings is 1. The van der Waals surface area contributed by atoms with Crippen LogP contribution in [0.5, 0.6) is 0 Å². The molecule has 1 saturated heterocycles. The van der Waals surface area contributed by atoms with Gasteiger partial charge in [0.15, 0.2) is 0 Å². The average Bonchev–Trinajstić information content (AvgIpc) is 2.59. The molecule has 5 nitrogen and oxygen atoms in total. The maximum absolute atomic E-state index is 12.0. The standard InChI is InChI=1S/C22H39N3O2S/c1-18-15-19(2)17-25(16-18)21-11-9-20(10-12-21)23-13-7-6-8-14-24-28(26,27)22(3,4)5/h9-12,18-19,23-24H,6-8,13-17H2,1-5H3/t18-,19+. The summed E-state index contributed by atoms with van der Waals surface area (Å²) in [6, 6.07) is 8.76. The Morgan fingerprint density at radius 1 is 0.964 bits per heavy atom. The number of sulfonamides is 1. The van der Waals surface area contributed by atoms with Crippen LogP contribution in [-0.4, -0.2) is 39.3 Å². The van der Waals surface area contributed by atoms with Crippen LogP contribution in [0.25, 0.3) is 0 Å². The highest BCUT2D eigenvalue weighted by Gasteiger charge is 2.27. The van der Waals surface area contributed by atoms with Gasteiger partial charge in [-0.15, -0.1) is 0 Å². The van der Waals surface area contributed by atoms with Gasteiger partial charge in [0, 0.05) is 37.6 Å². The van der Waals surface area contributed by atoms with Crippen LogP contribution in [0.2, 0.25) is 0 Å². The summed E-state index contributed by atoms with van der Waals surface area (Å²) in [7, 11) is -3.22. The van der Waals surface area contributed by atoms with E-state index in [1.54, 1.807) is 20.8 Å². The van der Waals surface area contributed by atoms with Crippen molar-refractivity contribution in [3.05, 3.63) is 24.3 Å². The molecule has 0 spiro atoms. The van der Waals surface area contributed by atoms with E-state index in [2.05, 4.69) is 53.1 Å². The van der Waals surface area contributed by atoms with Gasteiger partial charge in [0.2, 0.25) is 10.0 Å². The van der Waals surface area contributed by atoms with Crippen LogP contribution in [0.1, 0.15) is 60.3 Å². The predicted octanol–water partition coefficient (Wildman–Crippen LogP) is 4.47. The summed E-state index contributed by atoms with van der Waals surface area (Å²) in [4.78, 5) is 2.50. The van der Waals surface area contributed by atoms with Crippen molar-refractivity contribution in [3.63, 3.8) is 0 Å². The van der Waals surface area contributed by atoms with E-state index in [0.717, 1.165) is 56.4 Å². The highest BCUT2D eigenvalue weighted by atomic mass is 32.2. The van der Waals surface area contributed by atoms with Gasteiger partial charge in [-0.1, -0.05) is 20.3 Å². The van der Waals surface area contributed by atoms with Crippen LogP contribution in [0.3, 0.4) is 0 Å². The fourth-order valence-corrected chi connectivity index (χ4v) is 4.59. The number of unbranched alkanes of at least 4 members (excludes halogenated alkanes) is 2. The van der Waals surface area contributed by atoms with E-state index in [4.69, 9.17) is 0 Å². The first kappa shape index (κ1) is 23.0. The van der Waals surface area contributed by atoms with Crippen LogP contribution in [0, 0.1) is 11.8 Å². The molecule has 0 amide bonds. The van der Waals surface area contributed by atoms with Crippen molar-refractivity contribution in [1.82, 2.24) is 4.72 Å². The summed E-state index contributed by atoms with van der Waals surface area (Å²) in [5, 5.41) is 3.47. The smallest absolute Gasteiger partial charge is 0.216 e. The first-order valence-electron chi connectivity index (χ1n) is 10.7. The fourth-order valence-electron chi connectivity index (χ4n) is 3.75. The Kier molecular flexibility index (Phi) is 8.19. The van der Waals surface area contributed by atoms with Gasteiger partial charge < -0.3 is 10.2 Å². The van der Waals surface area contributed by atoms with Gasteiger partial charge in [-0.2, -0.15) is 0 Å². The Labute approximate surface area is 172 Å². The van der Waals surface area contributed by atoms with E-state index in [-0.39, 0.29) is 0 Å². The second-order valence-electron chi connectivity index (χ2n) is 9.40. The molecule has 1 aromatic rings. The topological polar surface area (TPSA) is 61.4 Å². The van der Waals surface area contributed by atoms with Crippen molar-refractivity contribution in [1.29, 1.82) is 0 Å². The minimum atomic E-state index is -3.22. The number of hydrogen-bond acceptors (Lipinski definition) is 4. The Hall–Kier alpha value is -1.27. The van der Waals surface area contributed by atoms with Gasteiger partial charge >= 0.3 is 0 Å². The van der Waals surface area contributed by atoms with Crippen molar-refractivity contribution in [3.8, 4) is 0 Å². The van der Waals surface area contributed by atoms with Gasteiger partial charge in [-0.05, 0) is 76.1 Å². The molecular weight excluding hydrogens is 370 g/mol. The second kappa shape index (κ2) is 9.97. The molecule has 6 heteroatoms. The molecule has 0 radical (unpaired) electrons. The third kappa shape index (κ3) is 6.96. The van der Waals surface area contributed by atoms with E-state index >= 15 is 0 Å². The van der Waals surface area contributed by atoms with Crippen LogP contribution in [0.15, 0.2) is 24.3 Å². The van der Waals surface area contributed by atoms with Crippen molar-refractivity contribution >= 4 is 21.4 Å². The molecule has 0 bridgehead atoms. The Morgan fingerprint density at radius 3 is 2.11 bits per heavy atom. The molecule has 1 heterocycles. The minimum absolute atomic E-state index is 0.515. The SMILES string of the molecule is C[C@@H]1C[C@H](C)CN(c2ccc(NCCCCCNS(=O)(=O)C(C)(C)C)cc2)C1. The molecule has 160 valence electrons. The molecular formula is C22H39N3O2S. The van der Waals surface area contributed by atoms with Crippen molar-refractivity contribution < 1.29 is 8.42 Å². The lowest BCUT2D eigenvalue weighted by Gasteiger charge is -2.36. The van der Waals surface area contributed by atoms with E-state index in [1.165, 1.54) is 12.1 Å². The Morgan fingerprint density at radius 2 is 1.54 bits per heavy atom. The van der Waals surface area contributed by atoms with E-state index in [0.29, 0.717) is 6.54 Å². The molecule has 0 unspecified atom stereocenters. The summed E-state index contributed by atoms with van der Waals surface area (Å²) >= 11 is 0. The summed E-state index contributed by atoms with van der Waals surface area (Å²) in [6.07, 6.45) is 4.22. The van der Waals surface area contributed by atoms with Gasteiger partial charge in [0.25, 0.3) is 0 Å². The van der Waals surface area contributed by atoms with Gasteiger partial charge in [-0.25, -0.2) is 13.1 Å². The van der Waals surface area contributed by atoms with E-state index in [1.807, 2.05) is 0 Å². The molecule has 2 rings (SSSR count). The highest BCUT2D eigenvalue weighted by molar-refractivity contribution is 7.90. The van der Waals surface area contributed by atoms with E-state index < -0.39 is 14.8 Å². The highest BCUT2D eigenvalue weighted by Crippen LogP contribution is 2.27. The molecule has 1 aliphatic heterocycles. The van der Waals surface area contributed by atoms with Gasteiger partial charge in [0.1, 0.15) is 0 Å². The number of nitrogens with zero attached hydrogens (tertiary/aromatic N) is 1. The van der Waals surface area contributed by atoms with Gasteiger partial charge in [-0.3, -0.25) is 0 Å². The molecule has 1 aliphatic rings. The van der Waals surface area contributed by atoms with Crippen molar-refractivity contribution in [2.24, 2.45) is 11.8 Å². The van der Waals surface area contributed by atoms with Crippen LogP contribution < -0.4 is 14.9 Å². The number of anilines is 2. The zero-order valence-electron chi connectivity index (χ0n) is 18.3. The summed E-state index contributed by atoms with van der Waals surface area (Å²) in [6.45, 7) is 13.6. The Bertz CT molecular complexity index is 685. The van der Waals surface area contributed by atoms with Crippen LogP contribution in [0.4, 0.5) is 11.4 Å². The molecule has 1 aromatic carbocycles. The molecule has 1 fully saturated rings. The van der Waals surface area contributed by atoms with Crippen molar-refractivity contribution in [2.75, 3.05) is 36.4 Å². The molecule has 2 atom stereocenters. The second-order valence-corrected chi connectivity index (χ2v) is 11.9. The zero-order valence-corrected chi connectivity index (χ0v) is 19.1. The zero-order chi connectivity index (χ0) is 20.8. The maximum Gasteiger partial charge on any atom is 0.216 e. The maximum atomic E-state index is 12.0. The number of hydrogen-bond donors (Lipinski definition) is 2. The molecule has 0 aliphatic carbocycles. The molecule has 2 N–H and O–H groups in total. The molecule has 0 saturated carbocycles. The largest absolute Gasteiger partial charge is 0.385 e. The van der Waals surface area contributed by atoms with Crippen molar-refractivity contribution in [2.45, 2.75) is 65.0 Å². The third-order valence-corrected chi connectivity index (χ3v) is 7.58. The molecule has 0 aromatic heterocycles. The minimum Gasteiger partial charge on any atom is -0.385 e. The number of rotatable bonds is 9. The van der Waals surface area contributed by atoms with Crippen LogP contribution in [-0.2, 0) is 10.0 Å². The Balaban J connectivity index is 1.65. The number of nitrogens with one attached hydrogen (secondary N) is 2. The predicted molar refractivity (Wildman–Crippen MR) is 121 cm³/mol. The van der Waals surface area contributed by atoms with Gasteiger partial charge in [0.05, 0.1) is 4.75 Å². The average molecular weight is 410 g/mol. The number of benzene rings is 1. The first-order chi connectivity index (χ1) is 13.1.